The second kappa shape index (κ2) is 10.8. The van der Waals surface area contributed by atoms with Crippen LogP contribution in [0.1, 0.15) is 47.6 Å². The highest BCUT2D eigenvalue weighted by atomic mass is 32.2. The van der Waals surface area contributed by atoms with Crippen LogP contribution in [0.3, 0.4) is 0 Å². The number of ether oxygens (including phenoxy) is 1. The highest BCUT2D eigenvalue weighted by Crippen LogP contribution is 2.36. The largest absolute Gasteiger partial charge is 0.495 e. The van der Waals surface area contributed by atoms with Crippen LogP contribution in [0.4, 0.5) is 5.69 Å². The van der Waals surface area contributed by atoms with Gasteiger partial charge in [-0.2, -0.15) is 8.61 Å². The fourth-order valence-electron chi connectivity index (χ4n) is 5.74. The number of benzene rings is 2. The molecule has 2 aromatic rings. The summed E-state index contributed by atoms with van der Waals surface area (Å²) in [6.45, 7) is 14.4. The van der Waals surface area contributed by atoms with E-state index in [-0.39, 0.29) is 4.90 Å². The molecule has 0 N–H and O–H groups in total. The van der Waals surface area contributed by atoms with Crippen molar-refractivity contribution in [1.29, 1.82) is 0 Å². The summed E-state index contributed by atoms with van der Waals surface area (Å²) in [7, 11) is -5.75. The average molecular weight is 564 g/mol. The molecule has 210 valence electrons. The molecule has 0 aliphatic carbocycles. The molecular formula is C28H41N3O5S2. The standard InChI is InChI=1S/C28H41N3O5S2/c1-19-9-8-12-31(18-19)37(32,33)25-10-11-27(36-7)26(17-25)29-13-15-30(16-14-29)38(34,35)28-23(5)21(3)20(2)22(4)24(28)6/h10-11,17,19H,8-9,12-16,18H2,1-7H3/t19-/m1/s1. The predicted molar refractivity (Wildman–Crippen MR) is 151 cm³/mol. The normalized spacial score (nSPS) is 20.1. The van der Waals surface area contributed by atoms with Crippen LogP contribution in [0.2, 0.25) is 0 Å². The predicted octanol–water partition coefficient (Wildman–Crippen LogP) is 4.17. The maximum absolute atomic E-state index is 13.8. The lowest BCUT2D eigenvalue weighted by molar-refractivity contribution is 0.281. The third-order valence-corrected chi connectivity index (χ3v) is 12.6. The number of hydrogen-bond donors (Lipinski definition) is 0. The van der Waals surface area contributed by atoms with Gasteiger partial charge in [0.1, 0.15) is 5.75 Å². The van der Waals surface area contributed by atoms with Crippen molar-refractivity contribution < 1.29 is 21.6 Å². The highest BCUT2D eigenvalue weighted by molar-refractivity contribution is 7.89. The molecule has 2 aromatic carbocycles. The van der Waals surface area contributed by atoms with Crippen LogP contribution in [-0.2, 0) is 20.0 Å². The van der Waals surface area contributed by atoms with Gasteiger partial charge in [0.2, 0.25) is 20.0 Å². The van der Waals surface area contributed by atoms with Gasteiger partial charge >= 0.3 is 0 Å². The van der Waals surface area contributed by atoms with E-state index in [1.54, 1.807) is 33.9 Å². The first kappa shape index (κ1) is 28.9. The van der Waals surface area contributed by atoms with Gasteiger partial charge in [0.15, 0.2) is 0 Å². The molecular weight excluding hydrogens is 522 g/mol. The monoisotopic (exact) mass is 563 g/mol. The Bertz CT molecular complexity index is 1400. The maximum Gasteiger partial charge on any atom is 0.243 e. The van der Waals surface area contributed by atoms with Crippen molar-refractivity contribution >= 4 is 25.7 Å². The van der Waals surface area contributed by atoms with Crippen LogP contribution < -0.4 is 9.64 Å². The lowest BCUT2D eigenvalue weighted by Crippen LogP contribution is -2.49. The van der Waals surface area contributed by atoms with Crippen molar-refractivity contribution in [3.63, 3.8) is 0 Å². The van der Waals surface area contributed by atoms with Crippen LogP contribution in [0.25, 0.3) is 0 Å². The van der Waals surface area contributed by atoms with Crippen molar-refractivity contribution in [3.05, 3.63) is 46.0 Å². The van der Waals surface area contributed by atoms with Crippen LogP contribution in [0, 0.1) is 40.5 Å². The first-order chi connectivity index (χ1) is 17.8. The Morgan fingerprint density at radius 3 is 1.89 bits per heavy atom. The van der Waals surface area contributed by atoms with Crippen molar-refractivity contribution in [3.8, 4) is 5.75 Å². The van der Waals surface area contributed by atoms with Crippen LogP contribution >= 0.6 is 0 Å². The van der Waals surface area contributed by atoms with E-state index in [1.165, 1.54) is 0 Å². The van der Waals surface area contributed by atoms with Gasteiger partial charge in [-0.05, 0) is 99.4 Å². The molecule has 0 bridgehead atoms. The molecule has 2 aliphatic heterocycles. The number of sulfonamides is 2. The summed E-state index contributed by atoms with van der Waals surface area (Å²) in [6.07, 6.45) is 1.90. The van der Waals surface area contributed by atoms with E-state index in [2.05, 4.69) is 6.92 Å². The van der Waals surface area contributed by atoms with E-state index in [0.717, 1.165) is 40.7 Å². The van der Waals surface area contributed by atoms with Gasteiger partial charge in [-0.1, -0.05) is 6.92 Å². The first-order valence-electron chi connectivity index (χ1n) is 13.3. The van der Waals surface area contributed by atoms with Crippen molar-refractivity contribution in [1.82, 2.24) is 8.61 Å². The minimum absolute atomic E-state index is 0.245. The fraction of sp³-hybridized carbons (Fsp3) is 0.571. The van der Waals surface area contributed by atoms with E-state index in [0.29, 0.717) is 61.5 Å². The molecule has 0 radical (unpaired) electrons. The quantitative estimate of drug-likeness (QED) is 0.524. The summed E-state index contributed by atoms with van der Waals surface area (Å²) in [5.74, 6) is 0.906. The molecule has 0 amide bonds. The van der Waals surface area contributed by atoms with Gasteiger partial charge < -0.3 is 9.64 Å². The molecule has 0 aromatic heterocycles. The third-order valence-electron chi connectivity index (χ3n) is 8.52. The van der Waals surface area contributed by atoms with Gasteiger partial charge in [0.25, 0.3) is 0 Å². The lowest BCUT2D eigenvalue weighted by Gasteiger charge is -2.37. The lowest BCUT2D eigenvalue weighted by atomic mass is 9.95. The highest BCUT2D eigenvalue weighted by Gasteiger charge is 2.34. The molecule has 2 saturated heterocycles. The number of piperazine rings is 1. The Labute approximate surface area is 228 Å². The molecule has 2 aliphatic rings. The second-order valence-electron chi connectivity index (χ2n) is 10.8. The number of nitrogens with zero attached hydrogens (tertiary/aromatic N) is 3. The van der Waals surface area contributed by atoms with Crippen LogP contribution in [-0.4, -0.2) is 71.8 Å². The van der Waals surface area contributed by atoms with Gasteiger partial charge in [-0.25, -0.2) is 16.8 Å². The molecule has 0 unspecified atom stereocenters. The molecule has 0 spiro atoms. The molecule has 1 atom stereocenters. The summed E-state index contributed by atoms with van der Waals surface area (Å²) in [6, 6.07) is 4.98. The summed E-state index contributed by atoms with van der Waals surface area (Å²) < 4.78 is 63.2. The molecule has 2 heterocycles. The third kappa shape index (κ3) is 5.08. The molecule has 0 saturated carbocycles. The Kier molecular flexibility index (Phi) is 8.19. The van der Waals surface area contributed by atoms with E-state index < -0.39 is 20.0 Å². The second-order valence-corrected chi connectivity index (χ2v) is 14.6. The van der Waals surface area contributed by atoms with E-state index in [1.807, 2.05) is 39.5 Å². The van der Waals surface area contributed by atoms with Gasteiger partial charge in [0, 0.05) is 39.3 Å². The average Bonchev–Trinajstić information content (AvgIpc) is 2.90. The van der Waals surface area contributed by atoms with Gasteiger partial charge in [-0.15, -0.1) is 0 Å². The zero-order chi connectivity index (χ0) is 28.0. The van der Waals surface area contributed by atoms with Crippen LogP contribution in [0.15, 0.2) is 28.0 Å². The van der Waals surface area contributed by atoms with E-state index in [4.69, 9.17) is 4.74 Å². The molecule has 38 heavy (non-hydrogen) atoms. The van der Waals surface area contributed by atoms with Gasteiger partial charge in [-0.3, -0.25) is 0 Å². The number of methoxy groups -OCH3 is 1. The minimum atomic E-state index is -3.68. The topological polar surface area (TPSA) is 87.2 Å². The molecule has 10 heteroatoms. The number of piperidine rings is 1. The summed E-state index contributed by atoms with van der Waals surface area (Å²) >= 11 is 0. The fourth-order valence-corrected chi connectivity index (χ4v) is 9.34. The maximum atomic E-state index is 13.8. The zero-order valence-electron chi connectivity index (χ0n) is 23.7. The van der Waals surface area contributed by atoms with Crippen molar-refractivity contribution in [2.75, 3.05) is 51.3 Å². The summed E-state index contributed by atoms with van der Waals surface area (Å²) in [5, 5.41) is 0. The van der Waals surface area contributed by atoms with E-state index in [9.17, 15) is 16.8 Å². The smallest absolute Gasteiger partial charge is 0.243 e. The number of rotatable bonds is 6. The SMILES string of the molecule is COc1ccc(S(=O)(=O)N2CCC[C@@H](C)C2)cc1N1CCN(S(=O)(=O)c2c(C)c(C)c(C)c(C)c2C)CC1. The Morgan fingerprint density at radius 2 is 1.34 bits per heavy atom. The Morgan fingerprint density at radius 1 is 0.763 bits per heavy atom. The molecule has 2 fully saturated rings. The van der Waals surface area contributed by atoms with Crippen molar-refractivity contribution in [2.24, 2.45) is 5.92 Å². The molecule has 4 rings (SSSR count). The zero-order valence-corrected chi connectivity index (χ0v) is 25.3. The Balaban J connectivity index is 1.60. The van der Waals surface area contributed by atoms with Gasteiger partial charge in [0.05, 0.1) is 22.6 Å². The van der Waals surface area contributed by atoms with Crippen molar-refractivity contribution in [2.45, 2.75) is 64.2 Å². The number of hydrogen-bond acceptors (Lipinski definition) is 6. The molecule has 8 nitrogen and oxygen atoms in total. The minimum Gasteiger partial charge on any atom is -0.495 e. The summed E-state index contributed by atoms with van der Waals surface area (Å²) in [4.78, 5) is 2.68. The number of anilines is 1. The first-order valence-corrected chi connectivity index (χ1v) is 16.2. The van der Waals surface area contributed by atoms with E-state index >= 15 is 0 Å². The summed E-state index contributed by atoms with van der Waals surface area (Å²) in [5.41, 5.74) is 5.43. The Hall–Kier alpha value is -2.14. The van der Waals surface area contributed by atoms with Crippen LogP contribution in [0.5, 0.6) is 5.75 Å².